The standard InChI is InChI=1S/C16H13Br2FO2/c17-11-5-9-3-4-21-16(9)10(6-11)7-15(20)13-8-12(19)1-2-14(13)18/h1-2,5-6,8,15,20H,3-4,7H2. The lowest BCUT2D eigenvalue weighted by Gasteiger charge is -2.15. The predicted octanol–water partition coefficient (Wildman–Crippen LogP) is 4.56. The number of benzene rings is 2. The highest BCUT2D eigenvalue weighted by atomic mass is 79.9. The van der Waals surface area contributed by atoms with E-state index in [2.05, 4.69) is 31.9 Å². The number of halogens is 3. The molecular weight excluding hydrogens is 403 g/mol. The fraction of sp³-hybridized carbons (Fsp3) is 0.250. The Morgan fingerprint density at radius 3 is 2.86 bits per heavy atom. The van der Waals surface area contributed by atoms with Gasteiger partial charge in [0.2, 0.25) is 0 Å². The summed E-state index contributed by atoms with van der Waals surface area (Å²) < 4.78 is 20.7. The van der Waals surface area contributed by atoms with Crippen molar-refractivity contribution >= 4 is 31.9 Å². The zero-order chi connectivity index (χ0) is 15.0. The largest absolute Gasteiger partial charge is 0.493 e. The van der Waals surface area contributed by atoms with Crippen molar-refractivity contribution in [1.82, 2.24) is 0 Å². The van der Waals surface area contributed by atoms with E-state index in [-0.39, 0.29) is 5.82 Å². The van der Waals surface area contributed by atoms with E-state index < -0.39 is 6.10 Å². The highest BCUT2D eigenvalue weighted by Crippen LogP contribution is 2.36. The number of aliphatic hydroxyl groups excluding tert-OH is 1. The van der Waals surface area contributed by atoms with E-state index in [1.54, 1.807) is 6.07 Å². The Labute approximate surface area is 139 Å². The van der Waals surface area contributed by atoms with Crippen LogP contribution in [0.2, 0.25) is 0 Å². The van der Waals surface area contributed by atoms with Crippen molar-refractivity contribution in [3.63, 3.8) is 0 Å². The smallest absolute Gasteiger partial charge is 0.125 e. The van der Waals surface area contributed by atoms with E-state index in [4.69, 9.17) is 4.74 Å². The summed E-state index contributed by atoms with van der Waals surface area (Å²) in [5.41, 5.74) is 2.62. The van der Waals surface area contributed by atoms with Crippen LogP contribution in [0.15, 0.2) is 39.3 Å². The van der Waals surface area contributed by atoms with Crippen molar-refractivity contribution < 1.29 is 14.2 Å². The van der Waals surface area contributed by atoms with Crippen molar-refractivity contribution in [3.8, 4) is 5.75 Å². The van der Waals surface area contributed by atoms with Crippen molar-refractivity contribution in [2.45, 2.75) is 18.9 Å². The Kier molecular flexibility index (Phi) is 4.33. The van der Waals surface area contributed by atoms with Crippen molar-refractivity contribution in [1.29, 1.82) is 0 Å². The molecule has 0 aliphatic carbocycles. The average Bonchev–Trinajstić information content (AvgIpc) is 2.89. The summed E-state index contributed by atoms with van der Waals surface area (Å²) in [6.07, 6.45) is 0.461. The van der Waals surface area contributed by atoms with Gasteiger partial charge >= 0.3 is 0 Å². The highest BCUT2D eigenvalue weighted by molar-refractivity contribution is 9.10. The molecule has 21 heavy (non-hydrogen) atoms. The molecule has 0 bridgehead atoms. The molecule has 0 spiro atoms. The molecule has 2 nitrogen and oxygen atoms in total. The van der Waals surface area contributed by atoms with Gasteiger partial charge in [-0.2, -0.15) is 0 Å². The van der Waals surface area contributed by atoms with Gasteiger partial charge in [-0.3, -0.25) is 0 Å². The number of hydrogen-bond acceptors (Lipinski definition) is 2. The van der Waals surface area contributed by atoms with Crippen LogP contribution in [0.3, 0.4) is 0 Å². The molecular formula is C16H13Br2FO2. The number of rotatable bonds is 3. The molecule has 0 radical (unpaired) electrons. The van der Waals surface area contributed by atoms with Gasteiger partial charge in [-0.05, 0) is 47.0 Å². The molecule has 0 saturated heterocycles. The Balaban J connectivity index is 1.92. The van der Waals surface area contributed by atoms with E-state index >= 15 is 0 Å². The SMILES string of the molecule is OC(Cc1cc(Br)cc2c1OCC2)c1cc(F)ccc1Br. The molecule has 110 valence electrons. The topological polar surface area (TPSA) is 29.5 Å². The molecule has 1 atom stereocenters. The van der Waals surface area contributed by atoms with Crippen LogP contribution in [-0.4, -0.2) is 11.7 Å². The maximum atomic E-state index is 13.4. The second-order valence-corrected chi connectivity index (χ2v) is 6.81. The van der Waals surface area contributed by atoms with Crippen LogP contribution in [0.5, 0.6) is 5.75 Å². The summed E-state index contributed by atoms with van der Waals surface area (Å²) in [6, 6.07) is 8.31. The Bertz CT molecular complexity index is 688. The number of fused-ring (bicyclic) bond motifs is 1. The first-order valence-electron chi connectivity index (χ1n) is 6.61. The normalized spacial score (nSPS) is 14.7. The van der Waals surface area contributed by atoms with E-state index in [0.717, 1.165) is 27.8 Å². The summed E-state index contributed by atoms with van der Waals surface area (Å²) in [5.74, 6) is 0.493. The second-order valence-electron chi connectivity index (χ2n) is 5.04. The average molecular weight is 416 g/mol. The maximum Gasteiger partial charge on any atom is 0.125 e. The molecule has 1 heterocycles. The number of hydrogen-bond donors (Lipinski definition) is 1. The Morgan fingerprint density at radius 2 is 2.05 bits per heavy atom. The lowest BCUT2D eigenvalue weighted by atomic mass is 9.99. The van der Waals surface area contributed by atoms with E-state index in [0.29, 0.717) is 23.1 Å². The molecule has 1 N–H and O–H groups in total. The van der Waals surface area contributed by atoms with Crippen LogP contribution >= 0.6 is 31.9 Å². The van der Waals surface area contributed by atoms with Crippen LogP contribution < -0.4 is 4.74 Å². The van der Waals surface area contributed by atoms with E-state index in [1.165, 1.54) is 12.1 Å². The molecule has 2 aromatic carbocycles. The molecule has 5 heteroatoms. The van der Waals surface area contributed by atoms with Crippen molar-refractivity contribution in [3.05, 3.63) is 61.8 Å². The third kappa shape index (κ3) is 3.15. The molecule has 0 saturated carbocycles. The maximum absolute atomic E-state index is 13.4. The minimum atomic E-state index is -0.794. The molecule has 0 amide bonds. The number of aliphatic hydroxyl groups is 1. The van der Waals surface area contributed by atoms with Gasteiger partial charge in [0, 0.05) is 21.8 Å². The van der Waals surface area contributed by atoms with Gasteiger partial charge in [0.05, 0.1) is 12.7 Å². The lowest BCUT2D eigenvalue weighted by molar-refractivity contribution is 0.176. The first kappa shape index (κ1) is 15.0. The Morgan fingerprint density at radius 1 is 1.24 bits per heavy atom. The third-order valence-corrected chi connectivity index (χ3v) is 4.74. The van der Waals surface area contributed by atoms with Crippen LogP contribution in [0, 0.1) is 5.82 Å². The zero-order valence-corrected chi connectivity index (χ0v) is 14.2. The summed E-state index contributed by atoms with van der Waals surface area (Å²) >= 11 is 6.84. The fourth-order valence-electron chi connectivity index (χ4n) is 2.59. The fourth-order valence-corrected chi connectivity index (χ4v) is 3.65. The third-order valence-electron chi connectivity index (χ3n) is 3.56. The minimum absolute atomic E-state index is 0.358. The first-order valence-corrected chi connectivity index (χ1v) is 8.20. The van der Waals surface area contributed by atoms with Crippen LogP contribution in [0.4, 0.5) is 4.39 Å². The summed E-state index contributed by atoms with van der Waals surface area (Å²) in [4.78, 5) is 0. The second kappa shape index (κ2) is 6.07. The summed E-state index contributed by atoms with van der Waals surface area (Å²) in [5, 5.41) is 10.4. The predicted molar refractivity (Wildman–Crippen MR) is 86.1 cm³/mol. The van der Waals surface area contributed by atoms with Gasteiger partial charge in [-0.1, -0.05) is 31.9 Å². The zero-order valence-electron chi connectivity index (χ0n) is 11.1. The first-order chi connectivity index (χ1) is 10.0. The molecule has 1 aliphatic rings. The molecule has 1 unspecified atom stereocenters. The van der Waals surface area contributed by atoms with Gasteiger partial charge in [0.1, 0.15) is 11.6 Å². The quantitative estimate of drug-likeness (QED) is 0.796. The minimum Gasteiger partial charge on any atom is -0.493 e. The molecule has 0 fully saturated rings. The van der Waals surface area contributed by atoms with Gasteiger partial charge in [0.15, 0.2) is 0 Å². The summed E-state index contributed by atoms with van der Waals surface area (Å²) in [6.45, 7) is 0.665. The summed E-state index contributed by atoms with van der Waals surface area (Å²) in [7, 11) is 0. The molecule has 3 rings (SSSR count). The van der Waals surface area contributed by atoms with Gasteiger partial charge in [-0.15, -0.1) is 0 Å². The van der Waals surface area contributed by atoms with Crippen LogP contribution in [0.25, 0.3) is 0 Å². The number of ether oxygens (including phenoxy) is 1. The van der Waals surface area contributed by atoms with Crippen molar-refractivity contribution in [2.24, 2.45) is 0 Å². The van der Waals surface area contributed by atoms with E-state index in [9.17, 15) is 9.50 Å². The lowest BCUT2D eigenvalue weighted by Crippen LogP contribution is -2.05. The van der Waals surface area contributed by atoms with E-state index in [1.807, 2.05) is 12.1 Å². The van der Waals surface area contributed by atoms with Gasteiger partial charge < -0.3 is 9.84 Å². The monoisotopic (exact) mass is 414 g/mol. The molecule has 1 aliphatic heterocycles. The Hall–Kier alpha value is -0.910. The molecule has 2 aromatic rings. The van der Waals surface area contributed by atoms with Crippen LogP contribution in [-0.2, 0) is 12.8 Å². The highest BCUT2D eigenvalue weighted by Gasteiger charge is 2.21. The van der Waals surface area contributed by atoms with Crippen molar-refractivity contribution in [2.75, 3.05) is 6.61 Å². The van der Waals surface area contributed by atoms with Gasteiger partial charge in [-0.25, -0.2) is 4.39 Å². The van der Waals surface area contributed by atoms with Crippen LogP contribution in [0.1, 0.15) is 22.8 Å². The molecule has 0 aromatic heterocycles. The van der Waals surface area contributed by atoms with Gasteiger partial charge in [0.25, 0.3) is 0 Å².